The van der Waals surface area contributed by atoms with E-state index in [1.54, 1.807) is 0 Å². The van der Waals surface area contributed by atoms with E-state index in [4.69, 9.17) is 0 Å². The minimum absolute atomic E-state index is 0.0449. The normalized spacial score (nSPS) is 12.1. The molecule has 0 saturated carbocycles. The van der Waals surface area contributed by atoms with Crippen molar-refractivity contribution in [3.05, 3.63) is 48.3 Å². The number of fused-ring (bicyclic) bond motifs is 1. The Morgan fingerprint density at radius 1 is 1.07 bits per heavy atom. The van der Waals surface area contributed by atoms with Crippen molar-refractivity contribution in [1.82, 2.24) is 9.97 Å². The van der Waals surface area contributed by atoms with E-state index in [-0.39, 0.29) is 27.5 Å². The maximum absolute atomic E-state index is 12.7. The van der Waals surface area contributed by atoms with Crippen molar-refractivity contribution >= 4 is 38.3 Å². The topological polar surface area (TPSA) is 104 Å². The highest BCUT2D eigenvalue weighted by Crippen LogP contribution is 2.29. The van der Waals surface area contributed by atoms with Gasteiger partial charge in [-0.1, -0.05) is 0 Å². The SMILES string of the molecule is CC(=O)Nc1ccc(S(=O)(=O)Nc2ccc3nc(C(F)(F)F)[nH]c3c2)cc1. The Balaban J connectivity index is 1.85. The zero-order chi connectivity index (χ0) is 19.8. The molecule has 11 heteroatoms. The molecule has 0 saturated heterocycles. The summed E-state index contributed by atoms with van der Waals surface area (Å²) in [4.78, 5) is 16.5. The number of aromatic nitrogens is 2. The summed E-state index contributed by atoms with van der Waals surface area (Å²) in [6.07, 6.45) is -4.63. The van der Waals surface area contributed by atoms with Gasteiger partial charge >= 0.3 is 6.18 Å². The highest BCUT2D eigenvalue weighted by molar-refractivity contribution is 7.92. The summed E-state index contributed by atoms with van der Waals surface area (Å²) in [6.45, 7) is 1.32. The van der Waals surface area contributed by atoms with Gasteiger partial charge in [0, 0.05) is 12.6 Å². The zero-order valence-electron chi connectivity index (χ0n) is 13.8. The Labute approximate surface area is 151 Å². The molecule has 0 fully saturated rings. The first-order valence-electron chi connectivity index (χ1n) is 7.52. The highest BCUT2D eigenvalue weighted by Gasteiger charge is 2.34. The lowest BCUT2D eigenvalue weighted by Gasteiger charge is -2.09. The Morgan fingerprint density at radius 2 is 1.70 bits per heavy atom. The fourth-order valence-electron chi connectivity index (χ4n) is 2.34. The Hall–Kier alpha value is -3.08. The number of carbonyl (C=O) groups is 1. The van der Waals surface area contributed by atoms with Crippen LogP contribution >= 0.6 is 0 Å². The molecule has 0 radical (unpaired) electrons. The summed E-state index contributed by atoms with van der Waals surface area (Å²) >= 11 is 0. The number of amides is 1. The molecule has 1 amide bonds. The Kier molecular flexibility index (Phi) is 4.56. The number of nitrogens with one attached hydrogen (secondary N) is 3. The summed E-state index contributed by atoms with van der Waals surface area (Å²) in [5.41, 5.74) is 0.610. The fraction of sp³-hybridized carbons (Fsp3) is 0.125. The van der Waals surface area contributed by atoms with Crippen LogP contribution in [0.25, 0.3) is 11.0 Å². The number of carbonyl (C=O) groups excluding carboxylic acids is 1. The molecule has 2 aromatic carbocycles. The third kappa shape index (κ3) is 4.19. The minimum atomic E-state index is -4.63. The second kappa shape index (κ2) is 6.58. The quantitative estimate of drug-likeness (QED) is 0.627. The molecule has 0 aliphatic carbocycles. The van der Waals surface area contributed by atoms with Gasteiger partial charge in [-0.3, -0.25) is 9.52 Å². The number of sulfonamides is 1. The summed E-state index contributed by atoms with van der Waals surface area (Å²) in [5, 5.41) is 2.51. The van der Waals surface area contributed by atoms with E-state index in [0.717, 1.165) is 0 Å². The maximum Gasteiger partial charge on any atom is 0.449 e. The molecule has 0 aliphatic rings. The molecule has 0 spiro atoms. The summed E-state index contributed by atoms with van der Waals surface area (Å²) in [5.74, 6) is -1.46. The lowest BCUT2D eigenvalue weighted by molar-refractivity contribution is -0.144. The second-order valence-electron chi connectivity index (χ2n) is 5.63. The molecule has 0 unspecified atom stereocenters. The van der Waals surface area contributed by atoms with Crippen molar-refractivity contribution in [3.63, 3.8) is 0 Å². The van der Waals surface area contributed by atoms with Gasteiger partial charge < -0.3 is 10.3 Å². The van der Waals surface area contributed by atoms with E-state index in [0.29, 0.717) is 5.69 Å². The molecular weight excluding hydrogens is 385 g/mol. The first-order valence-corrected chi connectivity index (χ1v) is 9.00. The maximum atomic E-state index is 12.7. The van der Waals surface area contributed by atoms with Crippen molar-refractivity contribution < 1.29 is 26.4 Å². The molecule has 0 bridgehead atoms. The van der Waals surface area contributed by atoms with Crippen LogP contribution in [0.15, 0.2) is 47.4 Å². The van der Waals surface area contributed by atoms with Crippen LogP contribution in [0.4, 0.5) is 24.5 Å². The molecule has 3 N–H and O–H groups in total. The smallest absolute Gasteiger partial charge is 0.334 e. The first-order chi connectivity index (χ1) is 12.5. The minimum Gasteiger partial charge on any atom is -0.334 e. The number of nitrogens with zero attached hydrogens (tertiary/aromatic N) is 1. The molecule has 3 rings (SSSR count). The Bertz CT molecular complexity index is 1110. The Morgan fingerprint density at radius 3 is 2.30 bits per heavy atom. The van der Waals surface area contributed by atoms with Gasteiger partial charge in [0.2, 0.25) is 11.7 Å². The molecule has 0 atom stereocenters. The van der Waals surface area contributed by atoms with E-state index in [1.165, 1.54) is 49.4 Å². The van der Waals surface area contributed by atoms with Crippen LogP contribution in [0.5, 0.6) is 0 Å². The molecule has 7 nitrogen and oxygen atoms in total. The molecule has 27 heavy (non-hydrogen) atoms. The molecule has 142 valence electrons. The largest absolute Gasteiger partial charge is 0.449 e. The van der Waals surface area contributed by atoms with Crippen LogP contribution < -0.4 is 10.0 Å². The average Bonchev–Trinajstić information content (AvgIpc) is 2.98. The summed E-state index contributed by atoms with van der Waals surface area (Å²) in [7, 11) is -3.97. The van der Waals surface area contributed by atoms with E-state index in [2.05, 4.69) is 20.0 Å². The third-order valence-electron chi connectivity index (χ3n) is 3.49. The van der Waals surface area contributed by atoms with Crippen molar-refractivity contribution in [2.75, 3.05) is 10.0 Å². The predicted molar refractivity (Wildman–Crippen MR) is 92.6 cm³/mol. The zero-order valence-corrected chi connectivity index (χ0v) is 14.6. The van der Waals surface area contributed by atoms with Crippen LogP contribution in [0.3, 0.4) is 0 Å². The van der Waals surface area contributed by atoms with E-state index in [9.17, 15) is 26.4 Å². The number of aromatic amines is 1. The van der Waals surface area contributed by atoms with Gasteiger partial charge in [-0.25, -0.2) is 13.4 Å². The number of hydrogen-bond donors (Lipinski definition) is 3. The molecule has 1 heterocycles. The van der Waals surface area contributed by atoms with Gasteiger partial charge in [-0.2, -0.15) is 13.2 Å². The van der Waals surface area contributed by atoms with Gasteiger partial charge in [-0.05, 0) is 42.5 Å². The number of hydrogen-bond acceptors (Lipinski definition) is 4. The molecule has 1 aromatic heterocycles. The van der Waals surface area contributed by atoms with Crippen molar-refractivity contribution in [3.8, 4) is 0 Å². The number of benzene rings is 2. The monoisotopic (exact) mass is 398 g/mol. The molecule has 0 aliphatic heterocycles. The number of imidazole rings is 1. The second-order valence-corrected chi connectivity index (χ2v) is 7.31. The number of halogens is 3. The lowest BCUT2D eigenvalue weighted by Crippen LogP contribution is -2.13. The number of H-pyrrole nitrogens is 1. The highest BCUT2D eigenvalue weighted by atomic mass is 32.2. The van der Waals surface area contributed by atoms with Crippen LogP contribution in [0.2, 0.25) is 0 Å². The van der Waals surface area contributed by atoms with Crippen molar-refractivity contribution in [2.24, 2.45) is 0 Å². The lowest BCUT2D eigenvalue weighted by atomic mass is 10.3. The first kappa shape index (κ1) is 18.7. The number of alkyl halides is 3. The van der Waals surface area contributed by atoms with E-state index < -0.39 is 22.0 Å². The molecule has 3 aromatic rings. The van der Waals surface area contributed by atoms with Crippen molar-refractivity contribution in [2.45, 2.75) is 18.0 Å². The van der Waals surface area contributed by atoms with Gasteiger partial charge in [0.05, 0.1) is 21.6 Å². The number of anilines is 2. The van der Waals surface area contributed by atoms with Crippen LogP contribution in [-0.2, 0) is 21.0 Å². The average molecular weight is 398 g/mol. The number of rotatable bonds is 4. The summed E-state index contributed by atoms with van der Waals surface area (Å²) < 4.78 is 65.3. The molecular formula is C16H13F3N4O3S. The summed E-state index contributed by atoms with van der Waals surface area (Å²) in [6, 6.07) is 9.24. The predicted octanol–water partition coefficient (Wildman–Crippen LogP) is 3.34. The van der Waals surface area contributed by atoms with Crippen LogP contribution in [0, 0.1) is 0 Å². The van der Waals surface area contributed by atoms with Crippen molar-refractivity contribution in [1.29, 1.82) is 0 Å². The van der Waals surface area contributed by atoms with Crippen LogP contribution in [-0.4, -0.2) is 24.3 Å². The third-order valence-corrected chi connectivity index (χ3v) is 4.88. The van der Waals surface area contributed by atoms with Gasteiger partial charge in [-0.15, -0.1) is 0 Å². The van der Waals surface area contributed by atoms with Gasteiger partial charge in [0.1, 0.15) is 0 Å². The fourth-order valence-corrected chi connectivity index (χ4v) is 3.39. The van der Waals surface area contributed by atoms with Crippen LogP contribution in [0.1, 0.15) is 12.7 Å². The van der Waals surface area contributed by atoms with E-state index in [1.807, 2.05) is 0 Å². The van der Waals surface area contributed by atoms with E-state index >= 15 is 0 Å². The standard InChI is InChI=1S/C16H13F3N4O3S/c1-9(24)20-10-2-5-12(6-3-10)27(25,26)23-11-4-7-13-14(8-11)22-15(21-13)16(17,18)19/h2-8,23H,1H3,(H,20,24)(H,21,22). The van der Waals surface area contributed by atoms with Gasteiger partial charge in [0.15, 0.2) is 0 Å². The van der Waals surface area contributed by atoms with Gasteiger partial charge in [0.25, 0.3) is 10.0 Å².